The quantitative estimate of drug-likeness (QED) is 0.919. The third kappa shape index (κ3) is 3.78. The fourth-order valence-corrected chi connectivity index (χ4v) is 2.29. The maximum absolute atomic E-state index is 11.8. The number of hydrogen-bond acceptors (Lipinski definition) is 3. The number of pyridine rings is 1. The summed E-state index contributed by atoms with van der Waals surface area (Å²) >= 11 is 3.32. The van der Waals surface area contributed by atoms with Crippen LogP contribution in [0.3, 0.4) is 0 Å². The number of nitrogens with one attached hydrogen (secondary N) is 1. The van der Waals surface area contributed by atoms with Gasteiger partial charge < -0.3 is 10.2 Å². The van der Waals surface area contributed by atoms with Gasteiger partial charge in [0.15, 0.2) is 0 Å². The van der Waals surface area contributed by atoms with Gasteiger partial charge in [0.2, 0.25) is 0 Å². The van der Waals surface area contributed by atoms with Crippen molar-refractivity contribution in [3.63, 3.8) is 0 Å². The summed E-state index contributed by atoms with van der Waals surface area (Å²) in [5.41, 5.74) is 0.459. The molecule has 0 atom stereocenters. The zero-order valence-electron chi connectivity index (χ0n) is 9.66. The topological polar surface area (TPSA) is 45.2 Å². The highest BCUT2D eigenvalue weighted by Gasteiger charge is 2.12. The maximum Gasteiger partial charge on any atom is 0.269 e. The molecule has 0 bridgehead atoms. The maximum atomic E-state index is 11.8. The predicted molar refractivity (Wildman–Crippen MR) is 69.9 cm³/mol. The summed E-state index contributed by atoms with van der Waals surface area (Å²) in [5.74, 6) is -0.106. The summed E-state index contributed by atoms with van der Waals surface area (Å²) in [6, 6.07) is 3.53. The van der Waals surface area contributed by atoms with E-state index in [4.69, 9.17) is 0 Å². The molecule has 0 spiro atoms. The highest BCUT2D eigenvalue weighted by molar-refractivity contribution is 9.10. The molecule has 1 saturated heterocycles. The van der Waals surface area contributed by atoms with E-state index < -0.39 is 0 Å². The monoisotopic (exact) mass is 297 g/mol. The van der Waals surface area contributed by atoms with Crippen LogP contribution in [-0.4, -0.2) is 42.0 Å². The van der Waals surface area contributed by atoms with Crippen LogP contribution in [0.1, 0.15) is 23.3 Å². The summed E-state index contributed by atoms with van der Waals surface area (Å²) in [6.07, 6.45) is 4.18. The van der Waals surface area contributed by atoms with Gasteiger partial charge in [0, 0.05) is 23.8 Å². The molecule has 1 aliphatic heterocycles. The third-order valence-electron chi connectivity index (χ3n) is 2.87. The summed E-state index contributed by atoms with van der Waals surface area (Å²) in [6.45, 7) is 3.93. The fraction of sp³-hybridized carbons (Fsp3) is 0.500. The Morgan fingerprint density at radius 2 is 2.24 bits per heavy atom. The molecule has 1 N–H and O–H groups in total. The Labute approximate surface area is 110 Å². The number of nitrogens with zero attached hydrogens (tertiary/aromatic N) is 2. The van der Waals surface area contributed by atoms with Crippen molar-refractivity contribution in [2.24, 2.45) is 0 Å². The fourth-order valence-electron chi connectivity index (χ4n) is 1.95. The van der Waals surface area contributed by atoms with Crippen molar-refractivity contribution in [3.05, 3.63) is 28.5 Å². The van der Waals surface area contributed by atoms with Crippen LogP contribution >= 0.6 is 15.9 Å². The smallest absolute Gasteiger partial charge is 0.269 e. The normalized spacial score (nSPS) is 16.1. The second-order valence-electron chi connectivity index (χ2n) is 4.16. The first-order valence-corrected chi connectivity index (χ1v) is 6.67. The first kappa shape index (κ1) is 12.5. The number of carbonyl (C=O) groups is 1. The van der Waals surface area contributed by atoms with Gasteiger partial charge in [0.05, 0.1) is 0 Å². The molecule has 0 unspecified atom stereocenters. The Morgan fingerprint density at radius 1 is 1.47 bits per heavy atom. The summed E-state index contributed by atoms with van der Waals surface area (Å²) in [5, 5.41) is 2.89. The molecular formula is C12H16BrN3O. The molecule has 1 aliphatic rings. The van der Waals surface area contributed by atoms with E-state index >= 15 is 0 Å². The minimum absolute atomic E-state index is 0.106. The van der Waals surface area contributed by atoms with Gasteiger partial charge in [-0.15, -0.1) is 0 Å². The molecule has 1 aromatic rings. The molecule has 0 aromatic carbocycles. The van der Waals surface area contributed by atoms with Crippen LogP contribution in [0.2, 0.25) is 0 Å². The standard InChI is InChI=1S/C12H16BrN3O/c13-10-3-4-14-11(9-10)12(17)15-5-8-16-6-1-2-7-16/h3-4,9H,1-2,5-8H2,(H,15,17). The largest absolute Gasteiger partial charge is 0.349 e. The molecule has 1 amide bonds. The average molecular weight is 298 g/mol. The Bertz CT molecular complexity index is 391. The molecular weight excluding hydrogens is 282 g/mol. The van der Waals surface area contributed by atoms with Crippen molar-refractivity contribution in [2.45, 2.75) is 12.8 Å². The van der Waals surface area contributed by atoms with Gasteiger partial charge in [-0.3, -0.25) is 9.78 Å². The van der Waals surface area contributed by atoms with Gasteiger partial charge in [-0.1, -0.05) is 15.9 Å². The van der Waals surface area contributed by atoms with Crippen molar-refractivity contribution in [3.8, 4) is 0 Å². The van der Waals surface area contributed by atoms with E-state index in [0.29, 0.717) is 12.2 Å². The van der Waals surface area contributed by atoms with Crippen molar-refractivity contribution in [1.29, 1.82) is 0 Å². The molecule has 5 heteroatoms. The summed E-state index contributed by atoms with van der Waals surface area (Å²) in [7, 11) is 0. The van der Waals surface area contributed by atoms with E-state index in [1.807, 2.05) is 0 Å². The van der Waals surface area contributed by atoms with E-state index in [1.165, 1.54) is 12.8 Å². The number of carbonyl (C=O) groups excluding carboxylic acids is 1. The Morgan fingerprint density at radius 3 is 2.94 bits per heavy atom. The SMILES string of the molecule is O=C(NCCN1CCCC1)c1cc(Br)ccn1. The molecule has 0 radical (unpaired) electrons. The second-order valence-corrected chi connectivity index (χ2v) is 5.08. The number of aromatic nitrogens is 1. The molecule has 4 nitrogen and oxygen atoms in total. The number of rotatable bonds is 4. The average Bonchev–Trinajstić information content (AvgIpc) is 2.82. The minimum atomic E-state index is -0.106. The van der Waals surface area contributed by atoms with Crippen LogP contribution in [0.15, 0.2) is 22.8 Å². The molecule has 2 rings (SSSR count). The van der Waals surface area contributed by atoms with Crippen molar-refractivity contribution >= 4 is 21.8 Å². The third-order valence-corrected chi connectivity index (χ3v) is 3.36. The number of likely N-dealkylation sites (tertiary alicyclic amines) is 1. The lowest BCUT2D eigenvalue weighted by molar-refractivity contribution is 0.0944. The lowest BCUT2D eigenvalue weighted by Crippen LogP contribution is -2.33. The zero-order valence-corrected chi connectivity index (χ0v) is 11.2. The van der Waals surface area contributed by atoms with Crippen molar-refractivity contribution in [2.75, 3.05) is 26.2 Å². The summed E-state index contributed by atoms with van der Waals surface area (Å²) in [4.78, 5) is 18.2. The molecule has 0 aliphatic carbocycles. The van der Waals surface area contributed by atoms with Gasteiger partial charge in [-0.05, 0) is 38.1 Å². The predicted octanol–water partition coefficient (Wildman–Crippen LogP) is 1.67. The van der Waals surface area contributed by atoms with E-state index in [-0.39, 0.29) is 5.91 Å². The van der Waals surface area contributed by atoms with Crippen LogP contribution < -0.4 is 5.32 Å². The Balaban J connectivity index is 1.77. The number of hydrogen-bond donors (Lipinski definition) is 1. The van der Waals surface area contributed by atoms with Gasteiger partial charge in [-0.25, -0.2) is 0 Å². The van der Waals surface area contributed by atoms with Crippen LogP contribution in [0.5, 0.6) is 0 Å². The van der Waals surface area contributed by atoms with Crippen LogP contribution in [0.4, 0.5) is 0 Å². The minimum Gasteiger partial charge on any atom is -0.349 e. The van der Waals surface area contributed by atoms with Crippen LogP contribution in [0.25, 0.3) is 0 Å². The first-order chi connectivity index (χ1) is 8.25. The van der Waals surface area contributed by atoms with Crippen molar-refractivity contribution in [1.82, 2.24) is 15.2 Å². The number of amides is 1. The van der Waals surface area contributed by atoms with E-state index in [2.05, 4.69) is 31.1 Å². The van der Waals surface area contributed by atoms with Crippen LogP contribution in [0, 0.1) is 0 Å². The lowest BCUT2D eigenvalue weighted by Gasteiger charge is -2.14. The van der Waals surface area contributed by atoms with E-state index in [9.17, 15) is 4.79 Å². The molecule has 92 valence electrons. The van der Waals surface area contributed by atoms with E-state index in [1.54, 1.807) is 18.3 Å². The zero-order chi connectivity index (χ0) is 12.1. The molecule has 2 heterocycles. The molecule has 0 saturated carbocycles. The van der Waals surface area contributed by atoms with Gasteiger partial charge in [-0.2, -0.15) is 0 Å². The van der Waals surface area contributed by atoms with Crippen molar-refractivity contribution < 1.29 is 4.79 Å². The molecule has 17 heavy (non-hydrogen) atoms. The lowest BCUT2D eigenvalue weighted by atomic mass is 10.3. The Kier molecular flexibility index (Phi) is 4.50. The first-order valence-electron chi connectivity index (χ1n) is 5.88. The highest BCUT2D eigenvalue weighted by atomic mass is 79.9. The molecule has 1 fully saturated rings. The molecule has 1 aromatic heterocycles. The second kappa shape index (κ2) is 6.12. The summed E-state index contributed by atoms with van der Waals surface area (Å²) < 4.78 is 0.872. The van der Waals surface area contributed by atoms with Gasteiger partial charge >= 0.3 is 0 Å². The van der Waals surface area contributed by atoms with E-state index in [0.717, 1.165) is 24.1 Å². The Hall–Kier alpha value is -0.940. The van der Waals surface area contributed by atoms with Gasteiger partial charge in [0.1, 0.15) is 5.69 Å². The number of halogens is 1. The van der Waals surface area contributed by atoms with Crippen LogP contribution in [-0.2, 0) is 0 Å². The highest BCUT2D eigenvalue weighted by Crippen LogP contribution is 2.09. The van der Waals surface area contributed by atoms with Gasteiger partial charge in [0.25, 0.3) is 5.91 Å².